The summed E-state index contributed by atoms with van der Waals surface area (Å²) in [5.41, 5.74) is 0.516. The summed E-state index contributed by atoms with van der Waals surface area (Å²) in [5, 5.41) is 3.27. The molecule has 1 aromatic carbocycles. The van der Waals surface area contributed by atoms with Gasteiger partial charge in [0.05, 0.1) is 14.2 Å². The number of amides is 2. The number of carbonyl (C=O) groups is 2. The lowest BCUT2D eigenvalue weighted by Crippen LogP contribution is -2.48. The van der Waals surface area contributed by atoms with Crippen LogP contribution in [0.5, 0.6) is 11.5 Å². The number of piperazine rings is 1. The number of benzene rings is 1. The number of methoxy groups -OCH3 is 2. The Hall–Kier alpha value is -2.32. The summed E-state index contributed by atoms with van der Waals surface area (Å²) in [6.07, 6.45) is 4.00. The zero-order chi connectivity index (χ0) is 22.9. The molecule has 0 radical (unpaired) electrons. The van der Waals surface area contributed by atoms with Gasteiger partial charge in [0.15, 0.2) is 0 Å². The highest BCUT2D eigenvalue weighted by molar-refractivity contribution is 5.95. The van der Waals surface area contributed by atoms with Crippen LogP contribution in [0.4, 0.5) is 0 Å². The van der Waals surface area contributed by atoms with Crippen LogP contribution in [0.1, 0.15) is 43.0 Å². The van der Waals surface area contributed by atoms with Crippen molar-refractivity contribution in [1.82, 2.24) is 20.0 Å². The number of nitrogens with zero attached hydrogens (tertiary/aromatic N) is 3. The van der Waals surface area contributed by atoms with Gasteiger partial charge in [0.2, 0.25) is 5.91 Å². The topological polar surface area (TPSA) is 74.3 Å². The van der Waals surface area contributed by atoms with Gasteiger partial charge in [-0.3, -0.25) is 14.5 Å². The third-order valence-corrected chi connectivity index (χ3v) is 6.55. The molecule has 0 aromatic heterocycles. The molecule has 32 heavy (non-hydrogen) atoms. The molecule has 2 fully saturated rings. The summed E-state index contributed by atoms with van der Waals surface area (Å²) in [7, 11) is 3.15. The van der Waals surface area contributed by atoms with E-state index in [1.807, 2.05) is 9.80 Å². The minimum absolute atomic E-state index is 0.0972. The maximum absolute atomic E-state index is 13.5. The zero-order valence-corrected chi connectivity index (χ0v) is 19.8. The van der Waals surface area contributed by atoms with Crippen molar-refractivity contribution in [2.24, 2.45) is 0 Å². The van der Waals surface area contributed by atoms with Gasteiger partial charge in [0, 0.05) is 69.9 Å². The van der Waals surface area contributed by atoms with Crippen LogP contribution >= 0.6 is 0 Å². The largest absolute Gasteiger partial charge is 0.497 e. The lowest BCUT2D eigenvalue weighted by Gasteiger charge is -2.35. The predicted molar refractivity (Wildman–Crippen MR) is 124 cm³/mol. The zero-order valence-electron chi connectivity index (χ0n) is 19.8. The van der Waals surface area contributed by atoms with E-state index in [0.717, 1.165) is 39.3 Å². The van der Waals surface area contributed by atoms with E-state index in [1.165, 1.54) is 19.3 Å². The number of hydrogen-bond donors (Lipinski definition) is 1. The molecule has 1 N–H and O–H groups in total. The number of hydrogen-bond acceptors (Lipinski definition) is 6. The normalized spacial score (nSPS) is 19.5. The summed E-state index contributed by atoms with van der Waals surface area (Å²) >= 11 is 0. The van der Waals surface area contributed by atoms with Crippen LogP contribution in [0.2, 0.25) is 0 Å². The maximum Gasteiger partial charge on any atom is 0.254 e. The van der Waals surface area contributed by atoms with Crippen molar-refractivity contribution in [3.63, 3.8) is 0 Å². The standard InChI is InChI=1S/C24H38N4O4/c1-19-6-4-5-10-26(19)14-15-28(11-7-23(29)27-12-8-25-9-13-27)24(30)20-16-21(31-2)18-22(17-20)32-3/h16-19,25H,4-15H2,1-3H3/t19-/m0/s1. The summed E-state index contributed by atoms with van der Waals surface area (Å²) < 4.78 is 10.7. The first-order valence-corrected chi connectivity index (χ1v) is 11.8. The van der Waals surface area contributed by atoms with Crippen LogP contribution in [0.3, 0.4) is 0 Å². The minimum atomic E-state index is -0.0972. The molecule has 2 heterocycles. The molecule has 0 spiro atoms. The Bertz CT molecular complexity index is 744. The van der Waals surface area contributed by atoms with Crippen molar-refractivity contribution in [3.8, 4) is 11.5 Å². The number of rotatable bonds is 9. The summed E-state index contributed by atoms with van der Waals surface area (Å²) in [6.45, 7) is 8.24. The van der Waals surface area contributed by atoms with E-state index in [9.17, 15) is 9.59 Å². The van der Waals surface area contributed by atoms with Crippen molar-refractivity contribution in [3.05, 3.63) is 23.8 Å². The molecule has 0 bridgehead atoms. The molecule has 0 aliphatic carbocycles. The number of carbonyl (C=O) groups excluding carboxylic acids is 2. The van der Waals surface area contributed by atoms with Crippen LogP contribution in [-0.4, -0.2) is 99.1 Å². The van der Waals surface area contributed by atoms with E-state index in [2.05, 4.69) is 17.1 Å². The average molecular weight is 447 g/mol. The predicted octanol–water partition coefficient (Wildman–Crippen LogP) is 1.84. The molecule has 2 amide bonds. The highest BCUT2D eigenvalue weighted by Gasteiger charge is 2.24. The Morgan fingerprint density at radius 1 is 1.03 bits per heavy atom. The minimum Gasteiger partial charge on any atom is -0.497 e. The van der Waals surface area contributed by atoms with Crippen molar-refractivity contribution >= 4 is 11.8 Å². The Morgan fingerprint density at radius 2 is 1.72 bits per heavy atom. The van der Waals surface area contributed by atoms with E-state index >= 15 is 0 Å². The van der Waals surface area contributed by atoms with Gasteiger partial charge in [-0.05, 0) is 38.4 Å². The summed E-state index contributed by atoms with van der Waals surface area (Å²) in [6, 6.07) is 5.75. The third-order valence-electron chi connectivity index (χ3n) is 6.55. The molecule has 8 nitrogen and oxygen atoms in total. The molecule has 2 saturated heterocycles. The van der Waals surface area contributed by atoms with Crippen LogP contribution in [-0.2, 0) is 4.79 Å². The number of ether oxygens (including phenoxy) is 2. The van der Waals surface area contributed by atoms with Gasteiger partial charge in [-0.1, -0.05) is 6.42 Å². The van der Waals surface area contributed by atoms with Gasteiger partial charge in [0.25, 0.3) is 5.91 Å². The highest BCUT2D eigenvalue weighted by Crippen LogP contribution is 2.24. The van der Waals surface area contributed by atoms with Gasteiger partial charge >= 0.3 is 0 Å². The first kappa shape index (κ1) is 24.3. The fourth-order valence-electron chi connectivity index (χ4n) is 4.47. The van der Waals surface area contributed by atoms with Crippen molar-refractivity contribution in [1.29, 1.82) is 0 Å². The molecule has 0 unspecified atom stereocenters. The highest BCUT2D eigenvalue weighted by atomic mass is 16.5. The number of likely N-dealkylation sites (tertiary alicyclic amines) is 1. The Morgan fingerprint density at radius 3 is 2.34 bits per heavy atom. The van der Waals surface area contributed by atoms with E-state index in [-0.39, 0.29) is 11.8 Å². The van der Waals surface area contributed by atoms with Crippen molar-refractivity contribution in [2.75, 3.05) is 66.6 Å². The van der Waals surface area contributed by atoms with Gasteiger partial charge in [-0.25, -0.2) is 0 Å². The van der Waals surface area contributed by atoms with Gasteiger partial charge in [-0.15, -0.1) is 0 Å². The van der Waals surface area contributed by atoms with Crippen molar-refractivity contribution < 1.29 is 19.1 Å². The van der Waals surface area contributed by atoms with Crippen LogP contribution < -0.4 is 14.8 Å². The van der Waals surface area contributed by atoms with Crippen molar-refractivity contribution in [2.45, 2.75) is 38.6 Å². The summed E-state index contributed by atoms with van der Waals surface area (Å²) in [5.74, 6) is 1.17. The monoisotopic (exact) mass is 446 g/mol. The second-order valence-corrected chi connectivity index (χ2v) is 8.66. The van der Waals surface area contributed by atoms with E-state index in [1.54, 1.807) is 32.4 Å². The van der Waals surface area contributed by atoms with E-state index in [0.29, 0.717) is 42.6 Å². The first-order chi connectivity index (χ1) is 15.5. The van der Waals surface area contributed by atoms with E-state index < -0.39 is 0 Å². The molecule has 2 aliphatic heterocycles. The van der Waals surface area contributed by atoms with E-state index in [4.69, 9.17) is 9.47 Å². The summed E-state index contributed by atoms with van der Waals surface area (Å²) in [4.78, 5) is 32.4. The number of piperidine rings is 1. The number of nitrogens with one attached hydrogen (secondary N) is 1. The molecule has 178 valence electrons. The molecule has 3 rings (SSSR count). The molecule has 1 aromatic rings. The van der Waals surface area contributed by atoms with Crippen LogP contribution in [0.25, 0.3) is 0 Å². The lowest BCUT2D eigenvalue weighted by molar-refractivity contribution is -0.131. The van der Waals surface area contributed by atoms with Gasteiger partial charge in [-0.2, -0.15) is 0 Å². The second-order valence-electron chi connectivity index (χ2n) is 8.66. The molecular weight excluding hydrogens is 408 g/mol. The Kier molecular flexibility index (Phi) is 9.17. The van der Waals surface area contributed by atoms with Crippen LogP contribution in [0, 0.1) is 0 Å². The second kappa shape index (κ2) is 12.1. The smallest absolute Gasteiger partial charge is 0.254 e. The quantitative estimate of drug-likeness (QED) is 0.624. The average Bonchev–Trinajstić information content (AvgIpc) is 2.84. The molecule has 0 saturated carbocycles. The maximum atomic E-state index is 13.5. The first-order valence-electron chi connectivity index (χ1n) is 11.8. The fraction of sp³-hybridized carbons (Fsp3) is 0.667. The molecule has 8 heteroatoms. The fourth-order valence-corrected chi connectivity index (χ4v) is 4.47. The molecule has 1 atom stereocenters. The third kappa shape index (κ3) is 6.59. The van der Waals surface area contributed by atoms with Gasteiger partial charge < -0.3 is 24.6 Å². The van der Waals surface area contributed by atoms with Crippen LogP contribution in [0.15, 0.2) is 18.2 Å². The SMILES string of the molecule is COc1cc(OC)cc(C(=O)N(CCC(=O)N2CCNCC2)CCN2CCCC[C@@H]2C)c1. The Labute approximate surface area is 191 Å². The molecular formula is C24H38N4O4. The Balaban J connectivity index is 1.71. The molecule has 2 aliphatic rings. The lowest BCUT2D eigenvalue weighted by atomic mass is 10.0. The van der Waals surface area contributed by atoms with Gasteiger partial charge in [0.1, 0.15) is 11.5 Å².